The second kappa shape index (κ2) is 13.8. The molecule has 0 saturated heterocycles. The molecule has 4 rings (SSSR count). The van der Waals surface area contributed by atoms with E-state index in [1.165, 1.54) is 0 Å². The van der Waals surface area contributed by atoms with Crippen LogP contribution in [0.15, 0.2) is 85.1 Å². The van der Waals surface area contributed by atoms with Crippen molar-refractivity contribution >= 4 is 40.5 Å². The third-order valence-corrected chi connectivity index (χ3v) is 17.8. The fourth-order valence-electron chi connectivity index (χ4n) is 4.12. The molecule has 4 aromatic rings. The number of benzene rings is 3. The molecule has 0 fully saturated rings. The number of carbonyl (C=O) groups is 1. The van der Waals surface area contributed by atoms with E-state index in [1.807, 2.05) is 91.0 Å². The Bertz CT molecular complexity index is 1650. The van der Waals surface area contributed by atoms with Gasteiger partial charge in [-0.2, -0.15) is 0 Å². The van der Waals surface area contributed by atoms with Gasteiger partial charge < -0.3 is 14.2 Å². The van der Waals surface area contributed by atoms with Gasteiger partial charge in [0.15, 0.2) is 5.82 Å². The first kappa shape index (κ1) is 34.8. The molecule has 1 heterocycles. The Morgan fingerprint density at radius 1 is 0.739 bits per heavy atom. The van der Waals surface area contributed by atoms with Crippen LogP contribution in [0, 0.1) is 0 Å². The first-order chi connectivity index (χ1) is 21.4. The smallest absolute Gasteiger partial charge is 0.250 e. The molecule has 6 nitrogen and oxygen atoms in total. The van der Waals surface area contributed by atoms with Gasteiger partial charge >= 0.3 is 0 Å². The van der Waals surface area contributed by atoms with Crippen LogP contribution in [0.1, 0.15) is 58.4 Å². The predicted molar refractivity (Wildman–Crippen MR) is 197 cm³/mol. The Morgan fingerprint density at radius 3 is 1.78 bits per heavy atom. The number of nitrogens with zero attached hydrogens (tertiary/aromatic N) is 2. The first-order valence-electron chi connectivity index (χ1n) is 15.9. The highest BCUT2D eigenvalue weighted by atomic mass is 28.4. The van der Waals surface area contributed by atoms with Crippen LogP contribution in [0.4, 0.5) is 5.82 Å². The highest BCUT2D eigenvalue weighted by Crippen LogP contribution is 2.38. The predicted octanol–water partition coefficient (Wildman–Crippen LogP) is 10.3. The molecule has 46 heavy (non-hydrogen) atoms. The van der Waals surface area contributed by atoms with E-state index in [0.29, 0.717) is 17.2 Å². The van der Waals surface area contributed by atoms with Gasteiger partial charge in [0.25, 0.3) is 0 Å². The zero-order valence-electron chi connectivity index (χ0n) is 29.1. The summed E-state index contributed by atoms with van der Waals surface area (Å²) in [5.41, 5.74) is 4.13. The van der Waals surface area contributed by atoms with Gasteiger partial charge in [-0.3, -0.25) is 4.79 Å². The summed E-state index contributed by atoms with van der Waals surface area (Å²) in [6, 6.07) is 25.8. The third kappa shape index (κ3) is 9.04. The minimum absolute atomic E-state index is 0.108. The number of hydrogen-bond donors (Lipinski definition) is 1. The van der Waals surface area contributed by atoms with E-state index in [2.05, 4.69) is 78.0 Å². The minimum atomic E-state index is -1.95. The standard InChI is InChI=1S/C38H49N3O3Si2/c1-37(2,3)45(7,8)43-31-21-16-29(17-22-31)26-35(42)41-36-33(25-18-28-14-12-11-13-15-28)40-34(27-39-36)30-19-23-32(24-20-30)44-46(9,10)38(4,5)6/h11-25,27H,26H2,1-10H3,(H,39,41,42)/b25-18-. The number of carbonyl (C=O) groups excluding carboxylic acids is 1. The zero-order valence-corrected chi connectivity index (χ0v) is 31.1. The maximum absolute atomic E-state index is 13.2. The molecule has 0 aliphatic heterocycles. The van der Waals surface area contributed by atoms with Gasteiger partial charge in [-0.15, -0.1) is 0 Å². The van der Waals surface area contributed by atoms with Crippen LogP contribution in [0.25, 0.3) is 23.4 Å². The SMILES string of the molecule is CC(C)(C)[Si](C)(C)Oc1ccc(CC(=O)Nc2ncc(-c3ccc(O[Si](C)(C)C(C)(C)C)cc3)nc2/C=C\c2ccccc2)cc1. The molecule has 0 unspecified atom stereocenters. The van der Waals surface area contributed by atoms with Crippen molar-refractivity contribution in [3.05, 3.63) is 102 Å². The maximum atomic E-state index is 13.2. The van der Waals surface area contributed by atoms with Crippen LogP contribution in [-0.4, -0.2) is 32.5 Å². The number of rotatable bonds is 10. The first-order valence-corrected chi connectivity index (χ1v) is 21.7. The Kier molecular flexibility index (Phi) is 10.4. The Labute approximate surface area is 277 Å². The lowest BCUT2D eigenvalue weighted by Gasteiger charge is -2.36. The number of nitrogens with one attached hydrogen (secondary N) is 1. The summed E-state index contributed by atoms with van der Waals surface area (Å²) >= 11 is 0. The molecule has 1 N–H and O–H groups in total. The summed E-state index contributed by atoms with van der Waals surface area (Å²) < 4.78 is 12.9. The Balaban J connectivity index is 1.53. The fraction of sp³-hybridized carbons (Fsp3) is 0.342. The molecule has 8 heteroatoms. The largest absolute Gasteiger partial charge is 0.544 e. The monoisotopic (exact) mass is 651 g/mol. The van der Waals surface area contributed by atoms with Gasteiger partial charge in [0, 0.05) is 5.56 Å². The van der Waals surface area contributed by atoms with Gasteiger partial charge in [0.05, 0.1) is 18.3 Å². The molecule has 0 spiro atoms. The van der Waals surface area contributed by atoms with E-state index in [1.54, 1.807) is 6.20 Å². The second-order valence-corrected chi connectivity index (χ2v) is 24.3. The Hall–Kier alpha value is -4.02. The van der Waals surface area contributed by atoms with Crippen LogP contribution in [-0.2, 0) is 11.2 Å². The number of aromatic nitrogens is 2. The molecule has 0 saturated carbocycles. The molecule has 3 aromatic carbocycles. The lowest BCUT2D eigenvalue weighted by Crippen LogP contribution is -2.43. The van der Waals surface area contributed by atoms with Crippen molar-refractivity contribution in [1.29, 1.82) is 0 Å². The minimum Gasteiger partial charge on any atom is -0.544 e. The summed E-state index contributed by atoms with van der Waals surface area (Å²) in [6.07, 6.45) is 5.78. The van der Waals surface area contributed by atoms with Gasteiger partial charge in [0.2, 0.25) is 22.5 Å². The van der Waals surface area contributed by atoms with Crippen LogP contribution < -0.4 is 14.2 Å². The molecule has 0 radical (unpaired) electrons. The van der Waals surface area contributed by atoms with Crippen molar-refractivity contribution in [2.75, 3.05) is 5.32 Å². The quantitative estimate of drug-likeness (QED) is 0.173. The van der Waals surface area contributed by atoms with E-state index in [-0.39, 0.29) is 22.4 Å². The molecule has 242 valence electrons. The van der Waals surface area contributed by atoms with Crippen LogP contribution >= 0.6 is 0 Å². The third-order valence-electron chi connectivity index (χ3n) is 9.09. The van der Waals surface area contributed by atoms with E-state index >= 15 is 0 Å². The molecular formula is C38H49N3O3Si2. The zero-order chi connectivity index (χ0) is 33.8. The van der Waals surface area contributed by atoms with Crippen molar-refractivity contribution in [1.82, 2.24) is 9.97 Å². The summed E-state index contributed by atoms with van der Waals surface area (Å²) in [5.74, 6) is 1.94. The number of hydrogen-bond acceptors (Lipinski definition) is 5. The van der Waals surface area contributed by atoms with Crippen molar-refractivity contribution in [2.45, 2.75) is 84.2 Å². The van der Waals surface area contributed by atoms with E-state index < -0.39 is 16.6 Å². The topological polar surface area (TPSA) is 73.3 Å². The Morgan fingerprint density at radius 2 is 1.26 bits per heavy atom. The van der Waals surface area contributed by atoms with E-state index in [0.717, 1.165) is 28.2 Å². The average Bonchev–Trinajstić information content (AvgIpc) is 2.97. The number of anilines is 1. The molecule has 1 aromatic heterocycles. The molecule has 0 aliphatic carbocycles. The summed E-state index contributed by atoms with van der Waals surface area (Å²) in [7, 11) is -3.89. The van der Waals surface area contributed by atoms with Crippen LogP contribution in [0.3, 0.4) is 0 Å². The molecular weight excluding hydrogens is 603 g/mol. The second-order valence-electron chi connectivity index (χ2n) is 14.9. The summed E-state index contributed by atoms with van der Waals surface area (Å²) in [6.45, 7) is 22.3. The van der Waals surface area contributed by atoms with E-state index in [9.17, 15) is 4.79 Å². The molecule has 0 aliphatic rings. The van der Waals surface area contributed by atoms with Crippen LogP contribution in [0.2, 0.25) is 36.3 Å². The lowest BCUT2D eigenvalue weighted by atomic mass is 10.1. The van der Waals surface area contributed by atoms with E-state index in [4.69, 9.17) is 13.8 Å². The molecule has 0 bridgehead atoms. The summed E-state index contributed by atoms with van der Waals surface area (Å²) in [4.78, 5) is 22.8. The lowest BCUT2D eigenvalue weighted by molar-refractivity contribution is -0.115. The molecule has 0 atom stereocenters. The highest BCUT2D eigenvalue weighted by Gasteiger charge is 2.39. The maximum Gasteiger partial charge on any atom is 0.250 e. The average molecular weight is 652 g/mol. The molecule has 1 amide bonds. The normalized spacial score (nSPS) is 12.7. The van der Waals surface area contributed by atoms with Crippen molar-refractivity contribution in [3.8, 4) is 22.8 Å². The fourth-order valence-corrected chi connectivity index (χ4v) is 6.18. The van der Waals surface area contributed by atoms with Gasteiger partial charge in [-0.05, 0) is 89.9 Å². The van der Waals surface area contributed by atoms with Gasteiger partial charge in [-0.25, -0.2) is 9.97 Å². The number of amides is 1. The highest BCUT2D eigenvalue weighted by molar-refractivity contribution is 6.75. The summed E-state index contributed by atoms with van der Waals surface area (Å²) in [5, 5.41) is 3.21. The van der Waals surface area contributed by atoms with Crippen molar-refractivity contribution in [2.24, 2.45) is 0 Å². The van der Waals surface area contributed by atoms with Gasteiger partial charge in [0.1, 0.15) is 17.2 Å². The van der Waals surface area contributed by atoms with Crippen molar-refractivity contribution in [3.63, 3.8) is 0 Å². The van der Waals surface area contributed by atoms with Gasteiger partial charge in [-0.1, -0.05) is 90.1 Å². The van der Waals surface area contributed by atoms with Crippen molar-refractivity contribution < 1.29 is 13.6 Å². The van der Waals surface area contributed by atoms with Crippen LogP contribution in [0.5, 0.6) is 11.5 Å².